The number of benzene rings is 1. The molecule has 3 nitrogen and oxygen atoms in total. The third-order valence-corrected chi connectivity index (χ3v) is 2.80. The predicted molar refractivity (Wildman–Crippen MR) is 55.2 cm³/mol. The van der Waals surface area contributed by atoms with E-state index in [2.05, 4.69) is 10.6 Å². The van der Waals surface area contributed by atoms with Crippen molar-refractivity contribution in [2.24, 2.45) is 0 Å². The molecule has 4 heteroatoms. The Balaban J connectivity index is 2.30. The van der Waals surface area contributed by atoms with Gasteiger partial charge in [-0.1, -0.05) is 25.1 Å². The number of amides is 2. The number of carbonyl (C=O) groups excluding carboxylic acids is 1. The number of halogens is 1. The molecule has 0 bridgehead atoms. The van der Waals surface area contributed by atoms with Crippen LogP contribution >= 0.6 is 0 Å². The van der Waals surface area contributed by atoms with E-state index in [9.17, 15) is 9.18 Å². The molecule has 1 fully saturated rings. The van der Waals surface area contributed by atoms with Gasteiger partial charge in [-0.2, -0.15) is 0 Å². The lowest BCUT2D eigenvalue weighted by Crippen LogP contribution is -2.56. The highest BCUT2D eigenvalue weighted by Crippen LogP contribution is 2.26. The standard InChI is InChI=1S/C11H13FN2O/c1-11(6-13-10(15)14-7-11)8-4-2-3-5-9(8)12/h2-5H,6-7H2,1H3,(H2,13,14,15). The molecule has 0 atom stereocenters. The summed E-state index contributed by atoms with van der Waals surface area (Å²) in [6, 6.07) is 6.48. The molecule has 0 aliphatic carbocycles. The van der Waals surface area contributed by atoms with E-state index in [0.29, 0.717) is 18.7 Å². The largest absolute Gasteiger partial charge is 0.337 e. The second-order valence-electron chi connectivity index (χ2n) is 4.08. The van der Waals surface area contributed by atoms with Crippen molar-refractivity contribution < 1.29 is 9.18 Å². The number of hydrogen-bond donors (Lipinski definition) is 2. The summed E-state index contributed by atoms with van der Waals surface area (Å²) in [4.78, 5) is 11.0. The van der Waals surface area contributed by atoms with E-state index < -0.39 is 0 Å². The maximum absolute atomic E-state index is 13.6. The maximum atomic E-state index is 13.6. The fourth-order valence-corrected chi connectivity index (χ4v) is 1.82. The van der Waals surface area contributed by atoms with E-state index in [0.717, 1.165) is 0 Å². The van der Waals surface area contributed by atoms with E-state index in [1.807, 2.05) is 6.92 Å². The Hall–Kier alpha value is -1.58. The minimum absolute atomic E-state index is 0.191. The van der Waals surface area contributed by atoms with Gasteiger partial charge in [0.15, 0.2) is 0 Å². The lowest BCUT2D eigenvalue weighted by Gasteiger charge is -2.34. The summed E-state index contributed by atoms with van der Waals surface area (Å²) in [5, 5.41) is 5.36. The Kier molecular flexibility index (Phi) is 2.34. The van der Waals surface area contributed by atoms with Crippen molar-refractivity contribution >= 4 is 6.03 Å². The van der Waals surface area contributed by atoms with Crippen LogP contribution in [0.3, 0.4) is 0 Å². The minimum Gasteiger partial charge on any atom is -0.337 e. The van der Waals surface area contributed by atoms with Crippen LogP contribution in [-0.4, -0.2) is 19.1 Å². The molecule has 0 unspecified atom stereocenters. The summed E-state index contributed by atoms with van der Waals surface area (Å²) in [7, 11) is 0. The van der Waals surface area contributed by atoms with E-state index in [1.54, 1.807) is 18.2 Å². The third-order valence-electron chi connectivity index (χ3n) is 2.80. The van der Waals surface area contributed by atoms with Crippen LogP contribution in [0.15, 0.2) is 24.3 Å². The van der Waals surface area contributed by atoms with Gasteiger partial charge in [0.25, 0.3) is 0 Å². The van der Waals surface area contributed by atoms with E-state index in [4.69, 9.17) is 0 Å². The summed E-state index contributed by atoms with van der Waals surface area (Å²) >= 11 is 0. The molecule has 0 spiro atoms. The molecule has 0 saturated carbocycles. The van der Waals surface area contributed by atoms with Crippen LogP contribution in [0.5, 0.6) is 0 Å². The van der Waals surface area contributed by atoms with Gasteiger partial charge in [-0.25, -0.2) is 9.18 Å². The zero-order chi connectivity index (χ0) is 10.9. The van der Waals surface area contributed by atoms with Crippen LogP contribution in [0.4, 0.5) is 9.18 Å². The second kappa shape index (κ2) is 3.53. The summed E-state index contributed by atoms with van der Waals surface area (Å²) in [6.07, 6.45) is 0. The first-order chi connectivity index (χ1) is 7.12. The number of carbonyl (C=O) groups is 1. The van der Waals surface area contributed by atoms with Crippen LogP contribution in [0.25, 0.3) is 0 Å². The van der Waals surface area contributed by atoms with Crippen LogP contribution < -0.4 is 10.6 Å². The number of nitrogens with one attached hydrogen (secondary N) is 2. The fraction of sp³-hybridized carbons (Fsp3) is 0.364. The molecule has 1 aliphatic heterocycles. The normalized spacial score (nSPS) is 19.2. The molecule has 2 N–H and O–H groups in total. The Labute approximate surface area is 87.7 Å². The molecule has 2 amide bonds. The van der Waals surface area contributed by atoms with Crippen molar-refractivity contribution in [2.45, 2.75) is 12.3 Å². The summed E-state index contributed by atoms with van der Waals surface area (Å²) in [5.41, 5.74) is 0.261. The number of rotatable bonds is 1. The lowest BCUT2D eigenvalue weighted by atomic mass is 9.81. The molecule has 80 valence electrons. The Morgan fingerprint density at radius 1 is 1.27 bits per heavy atom. The molecular formula is C11H13FN2O. The molecule has 0 radical (unpaired) electrons. The smallest absolute Gasteiger partial charge is 0.314 e. The SMILES string of the molecule is CC1(c2ccccc2F)CNC(=O)NC1. The van der Waals surface area contributed by atoms with Gasteiger partial charge < -0.3 is 10.6 Å². The van der Waals surface area contributed by atoms with E-state index >= 15 is 0 Å². The topological polar surface area (TPSA) is 41.1 Å². The van der Waals surface area contributed by atoms with E-state index in [-0.39, 0.29) is 17.3 Å². The van der Waals surface area contributed by atoms with Gasteiger partial charge >= 0.3 is 6.03 Å². The van der Waals surface area contributed by atoms with Crippen LogP contribution in [0, 0.1) is 5.82 Å². The zero-order valence-electron chi connectivity index (χ0n) is 8.51. The Morgan fingerprint density at radius 2 is 1.87 bits per heavy atom. The molecule has 1 saturated heterocycles. The quantitative estimate of drug-likeness (QED) is 0.719. The van der Waals surface area contributed by atoms with Gasteiger partial charge in [-0.15, -0.1) is 0 Å². The van der Waals surface area contributed by atoms with Crippen molar-refractivity contribution in [1.29, 1.82) is 0 Å². The van der Waals surface area contributed by atoms with Crippen molar-refractivity contribution in [2.75, 3.05) is 13.1 Å². The molecule has 0 aromatic heterocycles. The minimum atomic E-state index is -0.376. The molecule has 2 rings (SSSR count). The highest BCUT2D eigenvalue weighted by Gasteiger charge is 2.33. The first kappa shape index (κ1) is 9.96. The van der Waals surface area contributed by atoms with Gasteiger partial charge in [-0.05, 0) is 11.6 Å². The van der Waals surface area contributed by atoms with Crippen molar-refractivity contribution in [3.8, 4) is 0 Å². The average Bonchev–Trinajstić information content (AvgIpc) is 2.23. The van der Waals surface area contributed by atoms with Gasteiger partial charge in [0.05, 0.1) is 0 Å². The molecule has 1 heterocycles. The monoisotopic (exact) mass is 208 g/mol. The first-order valence-corrected chi connectivity index (χ1v) is 4.88. The van der Waals surface area contributed by atoms with Crippen LogP contribution in [-0.2, 0) is 5.41 Å². The van der Waals surface area contributed by atoms with Crippen molar-refractivity contribution in [1.82, 2.24) is 10.6 Å². The molecular weight excluding hydrogens is 195 g/mol. The van der Waals surface area contributed by atoms with Gasteiger partial charge in [-0.3, -0.25) is 0 Å². The van der Waals surface area contributed by atoms with Crippen molar-refractivity contribution in [3.05, 3.63) is 35.6 Å². The van der Waals surface area contributed by atoms with Gasteiger partial charge in [0.1, 0.15) is 5.82 Å². The first-order valence-electron chi connectivity index (χ1n) is 4.88. The molecule has 15 heavy (non-hydrogen) atoms. The second-order valence-corrected chi connectivity index (χ2v) is 4.08. The Bertz CT molecular complexity index is 382. The number of urea groups is 1. The molecule has 1 aromatic rings. The number of hydrogen-bond acceptors (Lipinski definition) is 1. The van der Waals surface area contributed by atoms with Crippen LogP contribution in [0.2, 0.25) is 0 Å². The third kappa shape index (κ3) is 1.79. The van der Waals surface area contributed by atoms with Crippen molar-refractivity contribution in [3.63, 3.8) is 0 Å². The summed E-state index contributed by atoms with van der Waals surface area (Å²) in [6.45, 7) is 2.84. The van der Waals surface area contributed by atoms with E-state index in [1.165, 1.54) is 6.07 Å². The molecule has 1 aliphatic rings. The van der Waals surface area contributed by atoms with Gasteiger partial charge in [0.2, 0.25) is 0 Å². The summed E-state index contributed by atoms with van der Waals surface area (Å²) in [5.74, 6) is -0.224. The summed E-state index contributed by atoms with van der Waals surface area (Å²) < 4.78 is 13.6. The Morgan fingerprint density at radius 3 is 2.47 bits per heavy atom. The van der Waals surface area contributed by atoms with Crippen LogP contribution in [0.1, 0.15) is 12.5 Å². The highest BCUT2D eigenvalue weighted by molar-refractivity contribution is 5.75. The van der Waals surface area contributed by atoms with Gasteiger partial charge in [0, 0.05) is 18.5 Å². The fourth-order valence-electron chi connectivity index (χ4n) is 1.82. The predicted octanol–water partition coefficient (Wildman–Crippen LogP) is 1.40. The zero-order valence-corrected chi connectivity index (χ0v) is 8.51. The molecule has 1 aromatic carbocycles. The lowest BCUT2D eigenvalue weighted by molar-refractivity contribution is 0.224. The maximum Gasteiger partial charge on any atom is 0.314 e. The highest BCUT2D eigenvalue weighted by atomic mass is 19.1. The average molecular weight is 208 g/mol.